The van der Waals surface area contributed by atoms with Crippen molar-refractivity contribution in [2.24, 2.45) is 0 Å². The average Bonchev–Trinajstić information content (AvgIpc) is 3.18. The molecule has 1 atom stereocenters. The van der Waals surface area contributed by atoms with Crippen molar-refractivity contribution >= 4 is 24.1 Å². The second kappa shape index (κ2) is 10.7. The number of hydrogen-bond acceptors (Lipinski definition) is 3. The third kappa shape index (κ3) is 5.35. The van der Waals surface area contributed by atoms with Gasteiger partial charge in [0.05, 0.1) is 6.04 Å². The number of benzene rings is 3. The summed E-state index contributed by atoms with van der Waals surface area (Å²) in [7, 11) is 0. The van der Waals surface area contributed by atoms with E-state index in [2.05, 4.69) is 47.4 Å². The number of nitrogens with one attached hydrogen (secondary N) is 1. The number of halogens is 1. The lowest BCUT2D eigenvalue weighted by Crippen LogP contribution is -2.25. The van der Waals surface area contributed by atoms with Gasteiger partial charge in [0, 0.05) is 18.1 Å². The van der Waals surface area contributed by atoms with Gasteiger partial charge in [-0.05, 0) is 89.9 Å². The van der Waals surface area contributed by atoms with Crippen molar-refractivity contribution in [3.8, 4) is 11.1 Å². The molecule has 3 aromatic rings. The zero-order chi connectivity index (χ0) is 22.3. The van der Waals surface area contributed by atoms with Crippen LogP contribution in [0.1, 0.15) is 47.6 Å². The Hall–Kier alpha value is -2.75. The monoisotopic (exact) mass is 444 g/mol. The molecule has 0 amide bonds. The van der Waals surface area contributed by atoms with Gasteiger partial charge in [0.2, 0.25) is 0 Å². The van der Waals surface area contributed by atoms with E-state index >= 15 is 0 Å². The molecule has 0 spiro atoms. The van der Waals surface area contributed by atoms with Gasteiger partial charge >= 0.3 is 0 Å². The zero-order valence-corrected chi connectivity index (χ0v) is 19.0. The fourth-order valence-corrected chi connectivity index (χ4v) is 4.59. The van der Waals surface area contributed by atoms with E-state index in [1.54, 1.807) is 0 Å². The van der Waals surface area contributed by atoms with Gasteiger partial charge in [-0.2, -0.15) is 0 Å². The molecule has 0 aliphatic carbocycles. The van der Waals surface area contributed by atoms with Crippen LogP contribution in [0.5, 0.6) is 0 Å². The van der Waals surface area contributed by atoms with Crippen molar-refractivity contribution in [2.75, 3.05) is 6.54 Å². The summed E-state index contributed by atoms with van der Waals surface area (Å²) in [6.45, 7) is 1.65. The summed E-state index contributed by atoms with van der Waals surface area (Å²) in [5.41, 5.74) is 7.30. The van der Waals surface area contributed by atoms with Gasteiger partial charge in [0.1, 0.15) is 6.29 Å². The third-order valence-electron chi connectivity index (χ3n) is 6.31. The molecular weight excluding hydrogens is 416 g/mol. The molecule has 0 saturated heterocycles. The number of aryl methyl sites for hydroxylation is 1. The molecule has 4 heteroatoms. The maximum Gasteiger partial charge on any atom is 0.141 e. The molecule has 4 rings (SSSR count). The molecule has 32 heavy (non-hydrogen) atoms. The summed E-state index contributed by atoms with van der Waals surface area (Å²) >= 11 is 6.02. The summed E-state index contributed by atoms with van der Waals surface area (Å²) < 4.78 is 0. The lowest BCUT2D eigenvalue weighted by molar-refractivity contribution is -0.112. The highest BCUT2D eigenvalue weighted by Crippen LogP contribution is 2.35. The second-order valence-corrected chi connectivity index (χ2v) is 8.92. The van der Waals surface area contributed by atoms with Gasteiger partial charge in [-0.3, -0.25) is 4.90 Å². The Morgan fingerprint density at radius 1 is 0.906 bits per heavy atom. The maximum atomic E-state index is 11.9. The van der Waals surface area contributed by atoms with Gasteiger partial charge in [-0.1, -0.05) is 60.1 Å². The number of hydrogen-bond donors (Lipinski definition) is 1. The summed E-state index contributed by atoms with van der Waals surface area (Å²) in [5, 5.41) is 7.84. The molecule has 1 aliphatic heterocycles. The van der Waals surface area contributed by atoms with Crippen molar-refractivity contribution in [2.45, 2.75) is 44.7 Å². The second-order valence-electron chi connectivity index (χ2n) is 8.49. The van der Waals surface area contributed by atoms with E-state index in [4.69, 9.17) is 17.0 Å². The van der Waals surface area contributed by atoms with Gasteiger partial charge in [0.15, 0.2) is 0 Å². The van der Waals surface area contributed by atoms with Crippen LogP contribution >= 0.6 is 11.6 Å². The van der Waals surface area contributed by atoms with Gasteiger partial charge in [0.25, 0.3) is 0 Å². The van der Waals surface area contributed by atoms with Gasteiger partial charge < -0.3 is 10.2 Å². The molecule has 1 aliphatic rings. The standard InChI is InChI=1S/C28H29ClN2O/c29-26-12-9-23(10-13-26)24-11-14-27-25(18-24)19-31(28(27)20-32)17-15-22-7-5-21(6-8-22)4-2-1-3-16-30/h5-14,16,18,20,28,30H,1-4,15,17,19H2. The van der Waals surface area contributed by atoms with Crippen LogP contribution < -0.4 is 0 Å². The highest BCUT2D eigenvalue weighted by molar-refractivity contribution is 6.30. The van der Waals surface area contributed by atoms with Crippen LogP contribution in [0, 0.1) is 5.41 Å². The maximum absolute atomic E-state index is 11.9. The number of rotatable bonds is 10. The lowest BCUT2D eigenvalue weighted by Gasteiger charge is -2.20. The smallest absolute Gasteiger partial charge is 0.141 e. The first-order valence-electron chi connectivity index (χ1n) is 11.3. The van der Waals surface area contributed by atoms with Crippen molar-refractivity contribution in [1.82, 2.24) is 4.90 Å². The zero-order valence-electron chi connectivity index (χ0n) is 18.3. The number of unbranched alkanes of at least 4 members (excludes halogenated alkanes) is 2. The normalized spacial score (nSPS) is 15.5. The fraction of sp³-hybridized carbons (Fsp3) is 0.286. The number of nitrogens with zero attached hydrogens (tertiary/aromatic N) is 1. The van der Waals surface area contributed by atoms with Crippen molar-refractivity contribution in [3.63, 3.8) is 0 Å². The lowest BCUT2D eigenvalue weighted by atomic mass is 9.98. The van der Waals surface area contributed by atoms with Gasteiger partial charge in [-0.25, -0.2) is 0 Å². The largest absolute Gasteiger partial charge is 0.313 e. The topological polar surface area (TPSA) is 44.2 Å². The summed E-state index contributed by atoms with van der Waals surface area (Å²) in [6.07, 6.45) is 7.63. The van der Waals surface area contributed by atoms with Crippen molar-refractivity contribution < 1.29 is 4.79 Å². The van der Waals surface area contributed by atoms with Crippen LogP contribution in [0.4, 0.5) is 0 Å². The molecule has 164 valence electrons. The Labute approximate surface area is 195 Å². The highest BCUT2D eigenvalue weighted by Gasteiger charge is 2.29. The van der Waals surface area contributed by atoms with E-state index in [0.717, 1.165) is 73.2 Å². The van der Waals surface area contributed by atoms with Crippen molar-refractivity contribution in [1.29, 1.82) is 5.41 Å². The van der Waals surface area contributed by atoms with E-state index in [1.165, 1.54) is 22.9 Å². The minimum Gasteiger partial charge on any atom is -0.313 e. The predicted octanol–water partition coefficient (Wildman–Crippen LogP) is 6.67. The Kier molecular flexibility index (Phi) is 7.51. The molecule has 0 radical (unpaired) electrons. The van der Waals surface area contributed by atoms with Crippen LogP contribution in [-0.2, 0) is 24.2 Å². The Morgan fingerprint density at radius 2 is 1.59 bits per heavy atom. The molecule has 1 N–H and O–H groups in total. The molecule has 1 unspecified atom stereocenters. The minimum atomic E-state index is -0.169. The molecule has 1 heterocycles. The first-order chi connectivity index (χ1) is 15.7. The first kappa shape index (κ1) is 22.4. The molecule has 0 aromatic heterocycles. The number of fused-ring (bicyclic) bond motifs is 1. The van der Waals surface area contributed by atoms with E-state index in [1.807, 2.05) is 24.3 Å². The number of carbonyl (C=O) groups excluding carboxylic acids is 1. The Morgan fingerprint density at radius 3 is 2.28 bits per heavy atom. The highest BCUT2D eigenvalue weighted by atomic mass is 35.5. The summed E-state index contributed by atoms with van der Waals surface area (Å²) in [6, 6.07) is 23.0. The Bertz CT molecular complexity index is 1060. The minimum absolute atomic E-state index is 0.169. The third-order valence-corrected chi connectivity index (χ3v) is 6.56. The van der Waals surface area contributed by atoms with Crippen LogP contribution in [0.3, 0.4) is 0 Å². The van der Waals surface area contributed by atoms with E-state index in [0.29, 0.717) is 0 Å². The molecule has 3 nitrogen and oxygen atoms in total. The summed E-state index contributed by atoms with van der Waals surface area (Å²) in [4.78, 5) is 14.2. The molecule has 0 bridgehead atoms. The van der Waals surface area contributed by atoms with Crippen molar-refractivity contribution in [3.05, 3.63) is 94.0 Å². The number of aldehydes is 1. The van der Waals surface area contributed by atoms with E-state index in [9.17, 15) is 4.79 Å². The van der Waals surface area contributed by atoms with E-state index in [-0.39, 0.29) is 6.04 Å². The van der Waals surface area contributed by atoms with Crippen LogP contribution in [0.15, 0.2) is 66.7 Å². The molecule has 0 saturated carbocycles. The number of carbonyl (C=O) groups is 1. The SMILES string of the molecule is N=CCCCCc1ccc(CCN2Cc3cc(-c4ccc(Cl)cc4)ccc3C2C=O)cc1. The summed E-state index contributed by atoms with van der Waals surface area (Å²) in [5.74, 6) is 0. The van der Waals surface area contributed by atoms with E-state index < -0.39 is 0 Å². The quantitative estimate of drug-likeness (QED) is 0.215. The molecule has 3 aromatic carbocycles. The molecule has 0 fully saturated rings. The predicted molar refractivity (Wildman–Crippen MR) is 133 cm³/mol. The average molecular weight is 445 g/mol. The molecular formula is C28H29ClN2O. The van der Waals surface area contributed by atoms with Crippen LogP contribution in [0.25, 0.3) is 11.1 Å². The Balaban J connectivity index is 1.38. The first-order valence-corrected chi connectivity index (χ1v) is 11.7. The van der Waals surface area contributed by atoms with Crippen LogP contribution in [0.2, 0.25) is 5.02 Å². The van der Waals surface area contributed by atoms with Crippen LogP contribution in [-0.4, -0.2) is 23.9 Å². The van der Waals surface area contributed by atoms with Gasteiger partial charge in [-0.15, -0.1) is 0 Å². The fourth-order valence-electron chi connectivity index (χ4n) is 4.47.